The summed E-state index contributed by atoms with van der Waals surface area (Å²) in [6, 6.07) is 8.17. The molecule has 1 N–H and O–H groups in total. The number of guanidine groups is 1. The molecule has 0 unspecified atom stereocenters. The molecule has 27 heavy (non-hydrogen) atoms. The van der Waals surface area contributed by atoms with Crippen LogP contribution in [-0.2, 0) is 14.9 Å². The number of rotatable bonds is 6. The van der Waals surface area contributed by atoms with Crippen molar-refractivity contribution in [1.29, 1.82) is 0 Å². The van der Waals surface area contributed by atoms with Crippen LogP contribution in [0, 0.1) is 5.92 Å². The first-order valence-corrected chi connectivity index (χ1v) is 10.4. The minimum atomic E-state index is -0.0584. The van der Waals surface area contributed by atoms with E-state index < -0.39 is 0 Å². The number of carbonyl (C=O) groups is 1. The van der Waals surface area contributed by atoms with Crippen molar-refractivity contribution in [3.8, 4) is 0 Å². The van der Waals surface area contributed by atoms with Crippen molar-refractivity contribution in [3.63, 3.8) is 0 Å². The third-order valence-corrected chi connectivity index (χ3v) is 5.81. The van der Waals surface area contributed by atoms with Crippen LogP contribution in [0.3, 0.4) is 0 Å². The van der Waals surface area contributed by atoms with Crippen LogP contribution >= 0.6 is 11.6 Å². The van der Waals surface area contributed by atoms with E-state index in [1.54, 1.807) is 0 Å². The number of ether oxygens (including phenoxy) is 1. The molecule has 1 heterocycles. The summed E-state index contributed by atoms with van der Waals surface area (Å²) < 4.78 is 5.17. The molecule has 2 fully saturated rings. The molecule has 0 bridgehead atoms. The van der Waals surface area contributed by atoms with Crippen molar-refractivity contribution in [1.82, 2.24) is 10.2 Å². The van der Waals surface area contributed by atoms with Gasteiger partial charge in [-0.15, -0.1) is 0 Å². The number of nitrogens with one attached hydrogen (secondary N) is 1. The largest absolute Gasteiger partial charge is 0.466 e. The highest BCUT2D eigenvalue weighted by molar-refractivity contribution is 6.30. The number of carbonyl (C=O) groups excluding carboxylic acids is 1. The molecule has 0 atom stereocenters. The Hall–Kier alpha value is -1.75. The maximum Gasteiger partial charge on any atom is 0.309 e. The van der Waals surface area contributed by atoms with E-state index in [1.165, 1.54) is 5.56 Å². The van der Waals surface area contributed by atoms with E-state index in [-0.39, 0.29) is 17.3 Å². The maximum atomic E-state index is 12.0. The number of aliphatic imine (C=N–C) groups is 1. The highest BCUT2D eigenvalue weighted by Crippen LogP contribution is 2.48. The summed E-state index contributed by atoms with van der Waals surface area (Å²) in [5, 5.41) is 4.21. The van der Waals surface area contributed by atoms with Gasteiger partial charge in [-0.2, -0.15) is 0 Å². The fourth-order valence-electron chi connectivity index (χ4n) is 3.75. The monoisotopic (exact) mass is 391 g/mol. The van der Waals surface area contributed by atoms with E-state index in [0.29, 0.717) is 6.61 Å². The third-order valence-electron chi connectivity index (χ3n) is 5.57. The molecular weight excluding hydrogens is 362 g/mol. The Bertz CT molecular complexity index is 680. The molecule has 0 aromatic heterocycles. The molecule has 0 spiro atoms. The standard InChI is InChI=1S/C21H30ClN3O2/c1-3-23-20(25-12-8-16(9-13-25)19(26)27-4-2)24-15-21(10-11-21)17-6-5-7-18(22)14-17/h5-7,14,16H,3-4,8-13,15H2,1-2H3,(H,23,24). The first-order chi connectivity index (χ1) is 13.1. The van der Waals surface area contributed by atoms with Crippen LogP contribution in [-0.4, -0.2) is 49.6 Å². The van der Waals surface area contributed by atoms with Gasteiger partial charge in [-0.3, -0.25) is 9.79 Å². The van der Waals surface area contributed by atoms with Crippen molar-refractivity contribution in [2.24, 2.45) is 10.9 Å². The van der Waals surface area contributed by atoms with Crippen molar-refractivity contribution in [3.05, 3.63) is 34.9 Å². The van der Waals surface area contributed by atoms with Crippen molar-refractivity contribution in [2.75, 3.05) is 32.8 Å². The van der Waals surface area contributed by atoms with Crippen LogP contribution in [0.4, 0.5) is 0 Å². The molecule has 3 rings (SSSR count). The van der Waals surface area contributed by atoms with Crippen LogP contribution in [0.15, 0.2) is 29.3 Å². The second kappa shape index (κ2) is 8.96. The minimum absolute atomic E-state index is 0.0188. The molecule has 1 saturated carbocycles. The lowest BCUT2D eigenvalue weighted by atomic mass is 9.96. The van der Waals surface area contributed by atoms with Crippen LogP contribution < -0.4 is 5.32 Å². The first kappa shape index (κ1) is 20.0. The predicted molar refractivity (Wildman–Crippen MR) is 109 cm³/mol. The fraction of sp³-hybridized carbons (Fsp3) is 0.619. The zero-order chi connectivity index (χ0) is 19.3. The van der Waals surface area contributed by atoms with Gasteiger partial charge >= 0.3 is 5.97 Å². The lowest BCUT2D eigenvalue weighted by molar-refractivity contribution is -0.149. The smallest absolute Gasteiger partial charge is 0.309 e. The number of halogens is 1. The molecule has 1 aromatic carbocycles. The summed E-state index contributed by atoms with van der Waals surface area (Å²) in [6.45, 7) is 7.67. The molecule has 2 aliphatic rings. The lowest BCUT2D eigenvalue weighted by Crippen LogP contribution is -2.47. The predicted octanol–water partition coefficient (Wildman–Crippen LogP) is 3.61. The second-order valence-electron chi connectivity index (χ2n) is 7.47. The summed E-state index contributed by atoms with van der Waals surface area (Å²) in [7, 11) is 0. The van der Waals surface area contributed by atoms with Crippen molar-refractivity contribution in [2.45, 2.75) is 44.9 Å². The van der Waals surface area contributed by atoms with E-state index in [9.17, 15) is 4.79 Å². The molecule has 0 radical (unpaired) electrons. The molecule has 1 saturated heterocycles. The Morgan fingerprint density at radius 1 is 1.33 bits per heavy atom. The topological polar surface area (TPSA) is 53.9 Å². The number of hydrogen-bond donors (Lipinski definition) is 1. The average Bonchev–Trinajstić information content (AvgIpc) is 3.47. The molecule has 1 aromatic rings. The molecule has 1 aliphatic carbocycles. The van der Waals surface area contributed by atoms with E-state index in [4.69, 9.17) is 21.3 Å². The minimum Gasteiger partial charge on any atom is -0.466 e. The third kappa shape index (κ3) is 4.95. The van der Waals surface area contributed by atoms with E-state index in [1.807, 2.05) is 19.1 Å². The number of hydrogen-bond acceptors (Lipinski definition) is 3. The van der Waals surface area contributed by atoms with Crippen LogP contribution in [0.2, 0.25) is 5.02 Å². The lowest BCUT2D eigenvalue weighted by Gasteiger charge is -2.33. The summed E-state index contributed by atoms with van der Waals surface area (Å²) >= 11 is 6.18. The van der Waals surface area contributed by atoms with E-state index in [2.05, 4.69) is 29.3 Å². The van der Waals surface area contributed by atoms with Gasteiger partial charge < -0.3 is 15.0 Å². The Morgan fingerprint density at radius 3 is 2.67 bits per heavy atom. The van der Waals surface area contributed by atoms with Crippen LogP contribution in [0.5, 0.6) is 0 Å². The summed E-state index contributed by atoms with van der Waals surface area (Å²) in [5.41, 5.74) is 1.42. The number of esters is 1. The van der Waals surface area contributed by atoms with Crippen molar-refractivity contribution >= 4 is 23.5 Å². The Kier molecular flexibility index (Phi) is 6.64. The van der Waals surface area contributed by atoms with Gasteiger partial charge in [-0.25, -0.2) is 0 Å². The highest BCUT2D eigenvalue weighted by atomic mass is 35.5. The number of piperidine rings is 1. The Balaban J connectivity index is 1.63. The second-order valence-corrected chi connectivity index (χ2v) is 7.91. The normalized spacial score (nSPS) is 19.7. The van der Waals surface area contributed by atoms with E-state index >= 15 is 0 Å². The van der Waals surface area contributed by atoms with Crippen molar-refractivity contribution < 1.29 is 9.53 Å². The van der Waals surface area contributed by atoms with Crippen LogP contribution in [0.1, 0.15) is 45.1 Å². The number of likely N-dealkylation sites (tertiary alicyclic amines) is 1. The zero-order valence-corrected chi connectivity index (χ0v) is 17.1. The molecule has 6 heteroatoms. The van der Waals surface area contributed by atoms with Crippen LogP contribution in [0.25, 0.3) is 0 Å². The first-order valence-electron chi connectivity index (χ1n) is 10.0. The Labute approximate surface area is 167 Å². The molecule has 5 nitrogen and oxygen atoms in total. The van der Waals surface area contributed by atoms with Gasteiger partial charge in [0.1, 0.15) is 0 Å². The summed E-state index contributed by atoms with van der Waals surface area (Å²) in [5.74, 6) is 0.912. The zero-order valence-electron chi connectivity index (χ0n) is 16.3. The summed E-state index contributed by atoms with van der Waals surface area (Å²) in [4.78, 5) is 19.2. The molecule has 148 valence electrons. The fourth-order valence-corrected chi connectivity index (χ4v) is 3.94. The highest BCUT2D eigenvalue weighted by Gasteiger charge is 2.44. The van der Waals surface area contributed by atoms with Gasteiger partial charge in [0.2, 0.25) is 0 Å². The summed E-state index contributed by atoms with van der Waals surface area (Å²) in [6.07, 6.45) is 3.95. The Morgan fingerprint density at radius 2 is 2.07 bits per heavy atom. The van der Waals surface area contributed by atoms with Gasteiger partial charge in [0, 0.05) is 30.1 Å². The molecule has 0 amide bonds. The van der Waals surface area contributed by atoms with E-state index in [0.717, 1.165) is 62.8 Å². The molecular formula is C21H30ClN3O2. The van der Waals surface area contributed by atoms with Gasteiger partial charge in [-0.05, 0) is 57.2 Å². The number of nitrogens with zero attached hydrogens (tertiary/aromatic N) is 2. The van der Waals surface area contributed by atoms with Gasteiger partial charge in [0.25, 0.3) is 0 Å². The SMILES string of the molecule is CCNC(=NCC1(c2cccc(Cl)c2)CC1)N1CCC(C(=O)OCC)CC1. The maximum absolute atomic E-state index is 12.0. The average molecular weight is 392 g/mol. The molecule has 1 aliphatic heterocycles. The van der Waals surface area contributed by atoms with Gasteiger partial charge in [0.15, 0.2) is 5.96 Å². The van der Waals surface area contributed by atoms with Gasteiger partial charge in [0.05, 0.1) is 19.1 Å². The number of benzene rings is 1. The van der Waals surface area contributed by atoms with Gasteiger partial charge in [-0.1, -0.05) is 23.7 Å². The quantitative estimate of drug-likeness (QED) is 0.457.